The fraction of sp³-hybridized carbons (Fsp3) is 0.0870. The molecular formula is C23H17ClFN4O+. The summed E-state index contributed by atoms with van der Waals surface area (Å²) in [6.45, 7) is 0.518. The SMILES string of the molecule is Cn1cc(-c2c[n+](Cc3ccc(Cl)nc3)c3ccccn3c2=O)c2ccc(F)cc21. The minimum atomic E-state index is -0.309. The van der Waals surface area contributed by atoms with Crippen molar-refractivity contribution in [3.05, 3.63) is 100 Å². The van der Waals surface area contributed by atoms with Gasteiger partial charge in [-0.2, -0.15) is 4.40 Å². The predicted octanol–water partition coefficient (Wildman–Crippen LogP) is 3.98. The highest BCUT2D eigenvalue weighted by molar-refractivity contribution is 6.29. The minimum Gasteiger partial charge on any atom is -0.350 e. The lowest BCUT2D eigenvalue weighted by atomic mass is 10.1. The highest BCUT2D eigenvalue weighted by atomic mass is 35.5. The summed E-state index contributed by atoms with van der Waals surface area (Å²) < 4.78 is 19.2. The van der Waals surface area contributed by atoms with Crippen molar-refractivity contribution in [3.63, 3.8) is 0 Å². The Morgan fingerprint density at radius 2 is 2.00 bits per heavy atom. The molecule has 0 aliphatic heterocycles. The van der Waals surface area contributed by atoms with Gasteiger partial charge in [0.1, 0.15) is 29.3 Å². The van der Waals surface area contributed by atoms with Crippen molar-refractivity contribution in [1.82, 2.24) is 14.0 Å². The van der Waals surface area contributed by atoms with Gasteiger partial charge in [0.2, 0.25) is 0 Å². The van der Waals surface area contributed by atoms with Crippen molar-refractivity contribution >= 4 is 28.2 Å². The lowest BCUT2D eigenvalue weighted by Gasteiger charge is -2.07. The van der Waals surface area contributed by atoms with Crippen LogP contribution in [0, 0.1) is 5.82 Å². The smallest absolute Gasteiger partial charge is 0.350 e. The van der Waals surface area contributed by atoms with Crippen LogP contribution in [-0.2, 0) is 13.6 Å². The van der Waals surface area contributed by atoms with Crippen molar-refractivity contribution in [3.8, 4) is 11.1 Å². The molecule has 0 radical (unpaired) electrons. The van der Waals surface area contributed by atoms with Gasteiger partial charge >= 0.3 is 5.56 Å². The van der Waals surface area contributed by atoms with E-state index in [0.29, 0.717) is 17.3 Å². The molecule has 7 heteroatoms. The molecule has 0 saturated carbocycles. The van der Waals surface area contributed by atoms with Gasteiger partial charge < -0.3 is 4.57 Å². The van der Waals surface area contributed by atoms with E-state index < -0.39 is 0 Å². The molecule has 5 aromatic rings. The molecule has 0 unspecified atom stereocenters. The number of pyridine rings is 2. The number of benzene rings is 1. The molecule has 148 valence electrons. The second-order valence-electron chi connectivity index (χ2n) is 7.21. The molecule has 4 aromatic heterocycles. The summed E-state index contributed by atoms with van der Waals surface area (Å²) in [7, 11) is 1.84. The highest BCUT2D eigenvalue weighted by Crippen LogP contribution is 2.28. The van der Waals surface area contributed by atoms with Gasteiger partial charge in [-0.25, -0.2) is 18.7 Å². The van der Waals surface area contributed by atoms with Gasteiger partial charge in [0.05, 0.1) is 11.7 Å². The molecular weight excluding hydrogens is 403 g/mol. The van der Waals surface area contributed by atoms with Crippen molar-refractivity contribution < 1.29 is 8.96 Å². The van der Waals surface area contributed by atoms with Crippen LogP contribution in [-0.4, -0.2) is 14.0 Å². The number of hydrogen-bond acceptors (Lipinski definition) is 2. The standard InChI is InChI=1S/C23H17ClFN4O/c1-27-13-18(17-7-6-16(25)10-20(17)27)19-14-28(12-15-5-8-21(24)26-11-15)22-4-2-3-9-29(22)23(19)30/h2-11,13-14H,12H2,1H3/q+1. The number of aryl methyl sites for hydroxylation is 1. The molecule has 0 spiro atoms. The lowest BCUT2D eigenvalue weighted by molar-refractivity contribution is -0.665. The minimum absolute atomic E-state index is 0.132. The summed E-state index contributed by atoms with van der Waals surface area (Å²) in [5.41, 5.74) is 3.62. The Morgan fingerprint density at radius 3 is 2.80 bits per heavy atom. The van der Waals surface area contributed by atoms with Crippen molar-refractivity contribution in [2.45, 2.75) is 6.54 Å². The van der Waals surface area contributed by atoms with Crippen LogP contribution < -0.4 is 10.1 Å². The van der Waals surface area contributed by atoms with Crippen LogP contribution in [0.15, 0.2) is 78.1 Å². The van der Waals surface area contributed by atoms with Crippen LogP contribution in [0.25, 0.3) is 27.7 Å². The fourth-order valence-electron chi connectivity index (χ4n) is 3.83. The average molecular weight is 420 g/mol. The lowest BCUT2D eigenvalue weighted by Crippen LogP contribution is -2.40. The molecule has 0 bridgehead atoms. The van der Waals surface area contributed by atoms with Gasteiger partial charge in [0.25, 0.3) is 5.65 Å². The van der Waals surface area contributed by atoms with E-state index in [4.69, 9.17) is 11.6 Å². The normalized spacial score (nSPS) is 11.4. The quantitative estimate of drug-likeness (QED) is 0.328. The first kappa shape index (κ1) is 18.5. The van der Waals surface area contributed by atoms with E-state index in [-0.39, 0.29) is 11.4 Å². The van der Waals surface area contributed by atoms with Crippen molar-refractivity contribution in [1.29, 1.82) is 0 Å². The summed E-state index contributed by atoms with van der Waals surface area (Å²) in [6.07, 6.45) is 7.19. The van der Waals surface area contributed by atoms with Crippen molar-refractivity contribution in [2.24, 2.45) is 7.05 Å². The van der Waals surface area contributed by atoms with Crippen LogP contribution in [0.1, 0.15) is 5.56 Å². The zero-order valence-electron chi connectivity index (χ0n) is 16.1. The first-order valence-corrected chi connectivity index (χ1v) is 9.78. The number of fused-ring (bicyclic) bond motifs is 2. The Balaban J connectivity index is 1.76. The molecule has 30 heavy (non-hydrogen) atoms. The first-order chi connectivity index (χ1) is 14.5. The van der Waals surface area contributed by atoms with Crippen molar-refractivity contribution in [2.75, 3.05) is 0 Å². The van der Waals surface area contributed by atoms with E-state index >= 15 is 0 Å². The zero-order valence-corrected chi connectivity index (χ0v) is 16.8. The Kier molecular flexibility index (Phi) is 4.37. The average Bonchev–Trinajstić information content (AvgIpc) is 3.07. The van der Waals surface area contributed by atoms with E-state index in [1.165, 1.54) is 12.1 Å². The van der Waals surface area contributed by atoms with Gasteiger partial charge in [-0.1, -0.05) is 23.7 Å². The summed E-state index contributed by atoms with van der Waals surface area (Å²) in [4.78, 5) is 17.5. The predicted molar refractivity (Wildman–Crippen MR) is 114 cm³/mol. The van der Waals surface area contributed by atoms with E-state index in [0.717, 1.165) is 27.7 Å². The van der Waals surface area contributed by atoms with Gasteiger partial charge in [0, 0.05) is 42.0 Å². The topological polar surface area (TPSA) is 43.2 Å². The van der Waals surface area contributed by atoms with E-state index in [9.17, 15) is 9.18 Å². The van der Waals surface area contributed by atoms with Crippen LogP contribution in [0.4, 0.5) is 4.39 Å². The summed E-state index contributed by atoms with van der Waals surface area (Å²) in [5, 5.41) is 1.26. The Bertz CT molecular complexity index is 1470. The zero-order chi connectivity index (χ0) is 20.8. The second-order valence-corrected chi connectivity index (χ2v) is 7.60. The number of hydrogen-bond donors (Lipinski definition) is 0. The Labute approximate surface area is 176 Å². The van der Waals surface area contributed by atoms with Crippen LogP contribution in [0.5, 0.6) is 0 Å². The molecule has 5 nitrogen and oxygen atoms in total. The fourth-order valence-corrected chi connectivity index (χ4v) is 3.94. The highest BCUT2D eigenvalue weighted by Gasteiger charge is 2.20. The number of halogens is 2. The van der Waals surface area contributed by atoms with Gasteiger partial charge in [-0.15, -0.1) is 0 Å². The molecule has 4 heterocycles. The molecule has 1 aromatic carbocycles. The molecule has 0 aliphatic rings. The Morgan fingerprint density at radius 1 is 1.13 bits per heavy atom. The maximum absolute atomic E-state index is 13.8. The summed E-state index contributed by atoms with van der Waals surface area (Å²) in [6, 6.07) is 13.9. The molecule has 0 atom stereocenters. The third kappa shape index (κ3) is 3.06. The molecule has 0 aliphatic carbocycles. The van der Waals surface area contributed by atoms with Crippen LogP contribution in [0.3, 0.4) is 0 Å². The number of aromatic nitrogens is 4. The second kappa shape index (κ2) is 7.07. The monoisotopic (exact) mass is 419 g/mol. The molecule has 0 amide bonds. The van der Waals surface area contributed by atoms with E-state index in [2.05, 4.69) is 4.98 Å². The first-order valence-electron chi connectivity index (χ1n) is 9.40. The molecule has 0 saturated heterocycles. The third-order valence-electron chi connectivity index (χ3n) is 5.25. The van der Waals surface area contributed by atoms with E-state index in [1.807, 2.05) is 52.8 Å². The van der Waals surface area contributed by atoms with Gasteiger partial charge in [-0.3, -0.25) is 0 Å². The number of rotatable bonds is 3. The third-order valence-corrected chi connectivity index (χ3v) is 5.47. The summed E-state index contributed by atoms with van der Waals surface area (Å²) in [5.74, 6) is -0.309. The van der Waals surface area contributed by atoms with Crippen LogP contribution >= 0.6 is 11.6 Å². The molecule has 0 fully saturated rings. The number of nitrogens with zero attached hydrogens (tertiary/aromatic N) is 4. The maximum Gasteiger partial charge on any atom is 0.350 e. The van der Waals surface area contributed by atoms with Gasteiger partial charge in [0.15, 0.2) is 0 Å². The summed E-state index contributed by atoms with van der Waals surface area (Å²) >= 11 is 5.91. The molecule has 5 rings (SSSR count). The van der Waals surface area contributed by atoms with Crippen LogP contribution in [0.2, 0.25) is 5.15 Å². The molecule has 0 N–H and O–H groups in total. The maximum atomic E-state index is 13.8. The van der Waals surface area contributed by atoms with E-state index in [1.54, 1.807) is 28.9 Å². The van der Waals surface area contributed by atoms with Gasteiger partial charge in [-0.05, 0) is 30.3 Å². The Hall–Kier alpha value is -3.51. The largest absolute Gasteiger partial charge is 0.350 e.